The highest BCUT2D eigenvalue weighted by molar-refractivity contribution is 5.23. The third-order valence-corrected chi connectivity index (χ3v) is 4.85. The van der Waals surface area contributed by atoms with E-state index in [4.69, 9.17) is 0 Å². The maximum atomic E-state index is 13.3. The van der Waals surface area contributed by atoms with Crippen molar-refractivity contribution in [2.75, 3.05) is 6.54 Å². The molecule has 0 aromatic carbocycles. The fourth-order valence-electron chi connectivity index (χ4n) is 3.57. The zero-order valence-corrected chi connectivity index (χ0v) is 12.6. The van der Waals surface area contributed by atoms with Crippen LogP contribution in [0.25, 0.3) is 0 Å². The molecule has 0 atom stereocenters. The number of fused-ring (bicyclic) bond motifs is 1. The summed E-state index contributed by atoms with van der Waals surface area (Å²) >= 11 is 0. The minimum atomic E-state index is -4.37. The van der Waals surface area contributed by atoms with Crippen molar-refractivity contribution >= 4 is 0 Å². The van der Waals surface area contributed by atoms with Gasteiger partial charge in [0.15, 0.2) is 0 Å². The van der Waals surface area contributed by atoms with Crippen LogP contribution in [-0.4, -0.2) is 16.1 Å². The molecule has 2 heterocycles. The van der Waals surface area contributed by atoms with E-state index >= 15 is 0 Å². The highest BCUT2D eigenvalue weighted by Crippen LogP contribution is 2.43. The van der Waals surface area contributed by atoms with Gasteiger partial charge in [0.1, 0.15) is 0 Å². The maximum absolute atomic E-state index is 13.3. The van der Waals surface area contributed by atoms with Gasteiger partial charge in [-0.3, -0.25) is 0 Å². The molecular weight excluding hydrogens is 279 g/mol. The van der Waals surface area contributed by atoms with Gasteiger partial charge < -0.3 is 9.88 Å². The van der Waals surface area contributed by atoms with Gasteiger partial charge in [0.05, 0.1) is 5.69 Å². The zero-order valence-electron chi connectivity index (χ0n) is 12.6. The van der Waals surface area contributed by atoms with Crippen molar-refractivity contribution in [2.45, 2.75) is 64.7 Å². The number of nitrogens with zero attached hydrogens (tertiary/aromatic N) is 2. The predicted octanol–water partition coefficient (Wildman–Crippen LogP) is 3.69. The zero-order chi connectivity index (χ0) is 15.3. The lowest BCUT2D eigenvalue weighted by molar-refractivity contribution is -0.148. The Morgan fingerprint density at radius 1 is 1.24 bits per heavy atom. The normalized spacial score (nSPS) is 23.1. The number of halogens is 3. The molecule has 1 aromatic heterocycles. The summed E-state index contributed by atoms with van der Waals surface area (Å²) < 4.78 is 41.5. The highest BCUT2D eigenvalue weighted by atomic mass is 19.4. The van der Waals surface area contributed by atoms with Crippen molar-refractivity contribution in [3.05, 3.63) is 17.2 Å². The van der Waals surface area contributed by atoms with E-state index in [1.807, 2.05) is 0 Å². The summed E-state index contributed by atoms with van der Waals surface area (Å²) in [5, 5.41) is 3.11. The Labute approximate surface area is 122 Å². The molecule has 1 aliphatic carbocycles. The van der Waals surface area contributed by atoms with Gasteiger partial charge >= 0.3 is 6.18 Å². The van der Waals surface area contributed by atoms with Crippen LogP contribution in [0, 0.1) is 5.41 Å². The van der Waals surface area contributed by atoms with Gasteiger partial charge in [0.2, 0.25) is 5.82 Å². The van der Waals surface area contributed by atoms with Gasteiger partial charge in [-0.25, -0.2) is 4.98 Å². The fourth-order valence-corrected chi connectivity index (χ4v) is 3.57. The van der Waals surface area contributed by atoms with E-state index in [0.29, 0.717) is 18.7 Å². The lowest BCUT2D eigenvalue weighted by atomic mass is 9.75. The summed E-state index contributed by atoms with van der Waals surface area (Å²) in [6.07, 6.45) is -0.165. The molecule has 1 saturated carbocycles. The van der Waals surface area contributed by atoms with Gasteiger partial charge in [-0.05, 0) is 31.1 Å². The first-order valence-corrected chi connectivity index (χ1v) is 7.66. The molecule has 0 amide bonds. The summed E-state index contributed by atoms with van der Waals surface area (Å²) in [5.41, 5.74) is 1.63. The SMILES string of the molecule is CC1(C)CCC(n2c(C(F)(F)F)nc3c2CCNC3)CC1. The summed E-state index contributed by atoms with van der Waals surface area (Å²) in [6, 6.07) is -0.0519. The van der Waals surface area contributed by atoms with Gasteiger partial charge in [0, 0.05) is 31.2 Å². The molecule has 1 aliphatic heterocycles. The van der Waals surface area contributed by atoms with Crippen LogP contribution in [0.2, 0.25) is 0 Å². The van der Waals surface area contributed by atoms with Crippen LogP contribution in [0.1, 0.15) is 62.8 Å². The third-order valence-electron chi connectivity index (χ3n) is 4.85. The Hall–Kier alpha value is -1.04. The molecule has 21 heavy (non-hydrogen) atoms. The smallest absolute Gasteiger partial charge is 0.321 e. The molecule has 0 radical (unpaired) electrons. The molecular formula is C15H22F3N3. The number of aromatic nitrogens is 2. The van der Waals surface area contributed by atoms with Crippen molar-refractivity contribution in [3.63, 3.8) is 0 Å². The summed E-state index contributed by atoms with van der Waals surface area (Å²) in [6.45, 7) is 5.57. The van der Waals surface area contributed by atoms with E-state index in [1.165, 1.54) is 4.57 Å². The number of hydrogen-bond donors (Lipinski definition) is 1. The van der Waals surface area contributed by atoms with Gasteiger partial charge in [0.25, 0.3) is 0 Å². The average molecular weight is 301 g/mol. The minimum absolute atomic E-state index is 0.0519. The van der Waals surface area contributed by atoms with E-state index in [9.17, 15) is 13.2 Å². The van der Waals surface area contributed by atoms with E-state index in [2.05, 4.69) is 24.1 Å². The Bertz CT molecular complexity index is 521. The highest BCUT2D eigenvalue weighted by Gasteiger charge is 2.42. The Morgan fingerprint density at radius 3 is 2.52 bits per heavy atom. The third kappa shape index (κ3) is 2.82. The number of hydrogen-bond acceptors (Lipinski definition) is 2. The molecule has 2 aliphatic rings. The Balaban J connectivity index is 1.98. The largest absolute Gasteiger partial charge is 0.449 e. The second-order valence-electron chi connectivity index (χ2n) is 7.02. The summed E-state index contributed by atoms with van der Waals surface area (Å²) in [5.74, 6) is -0.694. The Kier molecular flexibility index (Phi) is 3.55. The van der Waals surface area contributed by atoms with E-state index < -0.39 is 12.0 Å². The molecule has 0 spiro atoms. The van der Waals surface area contributed by atoms with Crippen LogP contribution < -0.4 is 5.32 Å². The first-order valence-electron chi connectivity index (χ1n) is 7.66. The molecule has 0 bridgehead atoms. The van der Waals surface area contributed by atoms with Crippen LogP contribution >= 0.6 is 0 Å². The molecule has 3 rings (SSSR count). The molecule has 3 nitrogen and oxygen atoms in total. The standard InChI is InChI=1S/C15H22F3N3/c1-14(2)6-3-10(4-7-14)21-12-5-8-19-9-11(12)20-13(21)15(16,17)18/h10,19H,3-9H2,1-2H3. The number of alkyl halides is 3. The topological polar surface area (TPSA) is 29.9 Å². The minimum Gasteiger partial charge on any atom is -0.321 e. The van der Waals surface area contributed by atoms with Crippen LogP contribution in [0.15, 0.2) is 0 Å². The average Bonchev–Trinajstić information content (AvgIpc) is 2.78. The molecule has 1 fully saturated rings. The Morgan fingerprint density at radius 2 is 1.90 bits per heavy atom. The quantitative estimate of drug-likeness (QED) is 0.857. The van der Waals surface area contributed by atoms with Gasteiger partial charge in [-0.15, -0.1) is 0 Å². The number of imidazole rings is 1. The van der Waals surface area contributed by atoms with Crippen LogP contribution in [0.3, 0.4) is 0 Å². The van der Waals surface area contributed by atoms with Gasteiger partial charge in [-0.2, -0.15) is 13.2 Å². The van der Waals surface area contributed by atoms with E-state index in [1.54, 1.807) is 0 Å². The lowest BCUT2D eigenvalue weighted by Crippen LogP contribution is -2.30. The van der Waals surface area contributed by atoms with E-state index in [0.717, 1.165) is 37.9 Å². The second kappa shape index (κ2) is 5.00. The number of rotatable bonds is 1. The van der Waals surface area contributed by atoms with Crippen molar-refractivity contribution in [2.24, 2.45) is 5.41 Å². The number of nitrogens with one attached hydrogen (secondary N) is 1. The second-order valence-corrected chi connectivity index (χ2v) is 7.02. The van der Waals surface area contributed by atoms with E-state index in [-0.39, 0.29) is 11.5 Å². The van der Waals surface area contributed by atoms with Crippen molar-refractivity contribution in [1.29, 1.82) is 0 Å². The van der Waals surface area contributed by atoms with Crippen LogP contribution in [0.4, 0.5) is 13.2 Å². The van der Waals surface area contributed by atoms with Crippen molar-refractivity contribution in [3.8, 4) is 0 Å². The molecule has 1 aromatic rings. The molecule has 1 N–H and O–H groups in total. The molecule has 6 heteroatoms. The van der Waals surface area contributed by atoms with Crippen molar-refractivity contribution in [1.82, 2.24) is 14.9 Å². The predicted molar refractivity (Wildman–Crippen MR) is 73.9 cm³/mol. The summed E-state index contributed by atoms with van der Waals surface area (Å²) in [7, 11) is 0. The first kappa shape index (κ1) is 14.9. The first-order chi connectivity index (χ1) is 9.78. The maximum Gasteiger partial charge on any atom is 0.449 e. The molecule has 0 saturated heterocycles. The lowest BCUT2D eigenvalue weighted by Gasteiger charge is -2.36. The van der Waals surface area contributed by atoms with Crippen LogP contribution in [0.5, 0.6) is 0 Å². The monoisotopic (exact) mass is 301 g/mol. The van der Waals surface area contributed by atoms with Gasteiger partial charge in [-0.1, -0.05) is 13.8 Å². The van der Waals surface area contributed by atoms with Crippen molar-refractivity contribution < 1.29 is 13.2 Å². The molecule has 118 valence electrons. The molecule has 0 unspecified atom stereocenters. The fraction of sp³-hybridized carbons (Fsp3) is 0.800. The van der Waals surface area contributed by atoms with Crippen LogP contribution in [-0.2, 0) is 19.1 Å². The summed E-state index contributed by atoms with van der Waals surface area (Å²) in [4.78, 5) is 3.91.